The second-order valence-electron chi connectivity index (χ2n) is 7.51. The molecule has 30 heavy (non-hydrogen) atoms. The number of hydrogen-bond donors (Lipinski definition) is 1. The van der Waals surface area contributed by atoms with Crippen LogP contribution in [-0.2, 0) is 17.6 Å². The summed E-state index contributed by atoms with van der Waals surface area (Å²) in [4.78, 5) is 22.0. The van der Waals surface area contributed by atoms with Crippen LogP contribution in [0.3, 0.4) is 0 Å². The molecular formula is C24H25N5O. The van der Waals surface area contributed by atoms with E-state index in [9.17, 15) is 4.79 Å². The SMILES string of the molecule is CCc1ccccc1NC(=O)Cc1c(C)nc2nc(-c3ccc(C)cc3)nn2c1C. The lowest BCUT2D eigenvalue weighted by molar-refractivity contribution is -0.115. The van der Waals surface area contributed by atoms with Gasteiger partial charge in [0, 0.05) is 28.2 Å². The molecule has 0 aliphatic rings. The van der Waals surface area contributed by atoms with Crippen molar-refractivity contribution in [2.75, 3.05) is 5.32 Å². The number of benzene rings is 2. The number of aromatic nitrogens is 4. The van der Waals surface area contributed by atoms with E-state index in [-0.39, 0.29) is 12.3 Å². The molecule has 0 saturated heterocycles. The van der Waals surface area contributed by atoms with Gasteiger partial charge in [0.15, 0.2) is 5.82 Å². The Kier molecular flexibility index (Phi) is 5.31. The molecule has 4 aromatic rings. The zero-order valence-electron chi connectivity index (χ0n) is 17.7. The largest absolute Gasteiger partial charge is 0.326 e. The summed E-state index contributed by atoms with van der Waals surface area (Å²) in [7, 11) is 0. The van der Waals surface area contributed by atoms with E-state index in [0.717, 1.165) is 40.2 Å². The maximum atomic E-state index is 12.8. The molecule has 2 heterocycles. The molecule has 6 nitrogen and oxygen atoms in total. The lowest BCUT2D eigenvalue weighted by Crippen LogP contribution is -2.18. The summed E-state index contributed by atoms with van der Waals surface area (Å²) in [5.74, 6) is 1.10. The van der Waals surface area contributed by atoms with E-state index in [2.05, 4.69) is 27.3 Å². The Bertz CT molecular complexity index is 1220. The number of rotatable bonds is 5. The molecule has 1 amide bonds. The molecule has 0 radical (unpaired) electrons. The van der Waals surface area contributed by atoms with Gasteiger partial charge in [-0.1, -0.05) is 55.0 Å². The molecule has 0 unspecified atom stereocenters. The first-order chi connectivity index (χ1) is 14.5. The highest BCUT2D eigenvalue weighted by Crippen LogP contribution is 2.21. The van der Waals surface area contributed by atoms with E-state index in [0.29, 0.717) is 11.6 Å². The Balaban J connectivity index is 1.64. The third-order valence-electron chi connectivity index (χ3n) is 5.37. The van der Waals surface area contributed by atoms with Crippen LogP contribution in [0.2, 0.25) is 0 Å². The minimum Gasteiger partial charge on any atom is -0.326 e. The summed E-state index contributed by atoms with van der Waals surface area (Å²) in [5, 5.41) is 7.68. The number of carbonyl (C=O) groups is 1. The summed E-state index contributed by atoms with van der Waals surface area (Å²) in [6, 6.07) is 16.0. The fraction of sp³-hybridized carbons (Fsp3) is 0.250. The van der Waals surface area contributed by atoms with Gasteiger partial charge in [0.2, 0.25) is 5.91 Å². The number of nitrogens with zero attached hydrogens (tertiary/aromatic N) is 4. The fourth-order valence-corrected chi connectivity index (χ4v) is 3.59. The van der Waals surface area contributed by atoms with Crippen LogP contribution in [0.15, 0.2) is 48.5 Å². The van der Waals surface area contributed by atoms with Crippen LogP contribution in [-0.4, -0.2) is 25.5 Å². The molecule has 4 rings (SSSR count). The molecule has 0 fully saturated rings. The second-order valence-corrected chi connectivity index (χ2v) is 7.51. The predicted octanol–water partition coefficient (Wildman–Crippen LogP) is 4.46. The monoisotopic (exact) mass is 399 g/mol. The number of fused-ring (bicyclic) bond motifs is 1. The Hall–Kier alpha value is -3.54. The number of amides is 1. The molecule has 2 aromatic carbocycles. The quantitative estimate of drug-likeness (QED) is 0.538. The van der Waals surface area contributed by atoms with Crippen molar-refractivity contribution in [2.24, 2.45) is 0 Å². The number of nitrogens with one attached hydrogen (secondary N) is 1. The standard InChI is InChI=1S/C24H25N5O/c1-5-18-8-6-7-9-21(18)26-22(30)14-20-16(3)25-24-27-23(28-29(24)17(20)4)19-12-10-15(2)11-13-19/h6-13H,5,14H2,1-4H3,(H,26,30). The zero-order valence-corrected chi connectivity index (χ0v) is 17.7. The fourth-order valence-electron chi connectivity index (χ4n) is 3.59. The van der Waals surface area contributed by atoms with Crippen LogP contribution in [0.25, 0.3) is 17.2 Å². The molecule has 152 valence electrons. The van der Waals surface area contributed by atoms with Gasteiger partial charge in [0.1, 0.15) is 0 Å². The van der Waals surface area contributed by atoms with Crippen LogP contribution in [0.5, 0.6) is 0 Å². The van der Waals surface area contributed by atoms with E-state index in [1.165, 1.54) is 5.56 Å². The van der Waals surface area contributed by atoms with Crippen LogP contribution in [0, 0.1) is 20.8 Å². The van der Waals surface area contributed by atoms with Crippen molar-refractivity contribution in [3.05, 3.63) is 76.6 Å². The predicted molar refractivity (Wildman–Crippen MR) is 119 cm³/mol. The Morgan fingerprint density at radius 2 is 1.73 bits per heavy atom. The first-order valence-corrected chi connectivity index (χ1v) is 10.1. The second kappa shape index (κ2) is 8.06. The third-order valence-corrected chi connectivity index (χ3v) is 5.37. The average Bonchev–Trinajstić information content (AvgIpc) is 3.16. The number of anilines is 1. The van der Waals surface area contributed by atoms with Gasteiger partial charge in [0.25, 0.3) is 5.78 Å². The van der Waals surface area contributed by atoms with Crippen LogP contribution >= 0.6 is 0 Å². The summed E-state index contributed by atoms with van der Waals surface area (Å²) in [5.41, 5.74) is 6.64. The van der Waals surface area contributed by atoms with Gasteiger partial charge in [0.05, 0.1) is 6.42 Å². The Morgan fingerprint density at radius 1 is 1.00 bits per heavy atom. The first kappa shape index (κ1) is 19.8. The van der Waals surface area contributed by atoms with Crippen molar-refractivity contribution >= 4 is 17.4 Å². The molecule has 0 saturated carbocycles. The summed E-state index contributed by atoms with van der Waals surface area (Å²) in [6.07, 6.45) is 1.10. The molecule has 6 heteroatoms. The topological polar surface area (TPSA) is 72.2 Å². The van der Waals surface area contributed by atoms with E-state index >= 15 is 0 Å². The summed E-state index contributed by atoms with van der Waals surface area (Å²) in [6.45, 7) is 7.99. The van der Waals surface area contributed by atoms with Gasteiger partial charge in [-0.3, -0.25) is 4.79 Å². The number of hydrogen-bond acceptors (Lipinski definition) is 4. The van der Waals surface area contributed by atoms with Crippen LogP contribution < -0.4 is 5.32 Å². The van der Waals surface area contributed by atoms with Crippen molar-refractivity contribution < 1.29 is 4.79 Å². The molecule has 0 aliphatic carbocycles. The highest BCUT2D eigenvalue weighted by molar-refractivity contribution is 5.93. The molecule has 0 aliphatic heterocycles. The molecule has 0 bridgehead atoms. The van der Waals surface area contributed by atoms with Gasteiger partial charge in [-0.2, -0.15) is 4.98 Å². The van der Waals surface area contributed by atoms with Crippen molar-refractivity contribution in [3.63, 3.8) is 0 Å². The molecule has 0 spiro atoms. The lowest BCUT2D eigenvalue weighted by Gasteiger charge is -2.12. The zero-order chi connectivity index (χ0) is 21.3. The van der Waals surface area contributed by atoms with Crippen LogP contribution in [0.4, 0.5) is 5.69 Å². The maximum absolute atomic E-state index is 12.8. The minimum atomic E-state index is -0.0675. The highest BCUT2D eigenvalue weighted by Gasteiger charge is 2.17. The third kappa shape index (κ3) is 3.81. The van der Waals surface area contributed by atoms with Crippen LogP contribution in [0.1, 0.15) is 35.0 Å². The van der Waals surface area contributed by atoms with Gasteiger partial charge in [-0.25, -0.2) is 9.50 Å². The van der Waals surface area contributed by atoms with Gasteiger partial charge >= 0.3 is 0 Å². The van der Waals surface area contributed by atoms with Crippen molar-refractivity contribution in [2.45, 2.75) is 40.5 Å². The van der Waals surface area contributed by atoms with Crippen molar-refractivity contribution in [1.82, 2.24) is 19.6 Å². The smallest absolute Gasteiger partial charge is 0.253 e. The normalized spacial score (nSPS) is 11.1. The number of carbonyl (C=O) groups excluding carboxylic acids is 1. The van der Waals surface area contributed by atoms with Gasteiger partial charge in [-0.15, -0.1) is 5.10 Å². The van der Waals surface area contributed by atoms with Crippen molar-refractivity contribution in [3.8, 4) is 11.4 Å². The van der Waals surface area contributed by atoms with E-state index < -0.39 is 0 Å². The van der Waals surface area contributed by atoms with Gasteiger partial charge < -0.3 is 5.32 Å². The molecular weight excluding hydrogens is 374 g/mol. The Labute approximate surface area is 176 Å². The van der Waals surface area contributed by atoms with E-state index in [1.54, 1.807) is 4.52 Å². The van der Waals surface area contributed by atoms with Gasteiger partial charge in [-0.05, 0) is 38.8 Å². The number of aryl methyl sites for hydroxylation is 4. The lowest BCUT2D eigenvalue weighted by atomic mass is 10.1. The molecule has 2 aromatic heterocycles. The average molecular weight is 399 g/mol. The minimum absolute atomic E-state index is 0.0675. The van der Waals surface area contributed by atoms with E-state index in [1.807, 2.05) is 69.3 Å². The summed E-state index contributed by atoms with van der Waals surface area (Å²) < 4.78 is 1.73. The number of para-hydroxylation sites is 1. The molecule has 1 N–H and O–H groups in total. The Morgan fingerprint density at radius 3 is 2.47 bits per heavy atom. The maximum Gasteiger partial charge on any atom is 0.253 e. The molecule has 0 atom stereocenters. The van der Waals surface area contributed by atoms with E-state index in [4.69, 9.17) is 0 Å². The van der Waals surface area contributed by atoms with Crippen molar-refractivity contribution in [1.29, 1.82) is 0 Å². The highest BCUT2D eigenvalue weighted by atomic mass is 16.1. The summed E-state index contributed by atoms with van der Waals surface area (Å²) >= 11 is 0. The first-order valence-electron chi connectivity index (χ1n) is 10.1.